The van der Waals surface area contributed by atoms with Gasteiger partial charge in [-0.05, 0) is 31.6 Å². The number of carbonyl (C=O) groups is 4. The Morgan fingerprint density at radius 3 is 0.816 bits per heavy atom. The summed E-state index contributed by atoms with van der Waals surface area (Å²) < 4.78 is 68.2. The van der Waals surface area contributed by atoms with Gasteiger partial charge in [-0.25, -0.2) is 9.13 Å². The monoisotopic (exact) mass is 1280 g/mol. The number of phosphoric acid groups is 2. The molecule has 0 bridgehead atoms. The first-order chi connectivity index (χ1) is 42.1. The van der Waals surface area contributed by atoms with Crippen LogP contribution >= 0.6 is 15.6 Å². The molecule has 87 heavy (non-hydrogen) atoms. The van der Waals surface area contributed by atoms with Crippen LogP contribution in [-0.2, 0) is 65.4 Å². The highest BCUT2D eigenvalue weighted by molar-refractivity contribution is 7.47. The first-order valence-corrected chi connectivity index (χ1v) is 38.7. The van der Waals surface area contributed by atoms with E-state index in [0.29, 0.717) is 25.7 Å². The molecule has 3 unspecified atom stereocenters. The van der Waals surface area contributed by atoms with Crippen LogP contribution in [0, 0.1) is 5.92 Å². The molecular weight excluding hydrogens is 1150 g/mol. The first-order valence-electron chi connectivity index (χ1n) is 35.7. The van der Waals surface area contributed by atoms with Gasteiger partial charge in [0.05, 0.1) is 26.4 Å². The summed E-state index contributed by atoms with van der Waals surface area (Å²) in [6.07, 6.45) is 47.0. The van der Waals surface area contributed by atoms with Crippen molar-refractivity contribution in [3.63, 3.8) is 0 Å². The fourth-order valence-corrected chi connectivity index (χ4v) is 11.8. The van der Waals surface area contributed by atoms with Crippen molar-refractivity contribution in [3.05, 3.63) is 0 Å². The van der Waals surface area contributed by atoms with Gasteiger partial charge in [-0.15, -0.1) is 0 Å². The lowest BCUT2D eigenvalue weighted by Gasteiger charge is -2.21. The molecule has 0 aromatic heterocycles. The predicted octanol–water partition coefficient (Wildman–Crippen LogP) is 19.4. The number of rotatable bonds is 68. The lowest BCUT2D eigenvalue weighted by Crippen LogP contribution is -2.30. The molecule has 3 N–H and O–H groups in total. The molecule has 0 fully saturated rings. The minimum absolute atomic E-state index is 0.107. The fraction of sp³-hybridized carbons (Fsp3) is 0.941. The Hall–Kier alpha value is -1.94. The Kier molecular flexibility index (Phi) is 60.2. The number of carbonyl (C=O) groups excluding carboxylic acids is 4. The second-order valence-electron chi connectivity index (χ2n) is 24.8. The predicted molar refractivity (Wildman–Crippen MR) is 349 cm³/mol. The van der Waals surface area contributed by atoms with Gasteiger partial charge in [-0.3, -0.25) is 37.3 Å². The number of aliphatic hydroxyl groups excluding tert-OH is 1. The number of hydrogen-bond acceptors (Lipinski definition) is 15. The van der Waals surface area contributed by atoms with Gasteiger partial charge in [0.1, 0.15) is 19.3 Å². The van der Waals surface area contributed by atoms with Crippen molar-refractivity contribution in [2.24, 2.45) is 5.92 Å². The topological polar surface area (TPSA) is 237 Å². The van der Waals surface area contributed by atoms with Crippen LogP contribution in [0.25, 0.3) is 0 Å². The van der Waals surface area contributed by atoms with Gasteiger partial charge in [0.25, 0.3) is 0 Å². The number of hydrogen-bond donors (Lipinski definition) is 3. The number of aliphatic hydroxyl groups is 1. The fourth-order valence-electron chi connectivity index (χ4n) is 10.3. The van der Waals surface area contributed by atoms with Crippen LogP contribution in [0.4, 0.5) is 0 Å². The second-order valence-corrected chi connectivity index (χ2v) is 27.7. The first kappa shape index (κ1) is 85.1. The number of unbranched alkanes of at least 4 members (excludes halogenated alkanes) is 39. The molecule has 0 heterocycles. The zero-order valence-electron chi connectivity index (χ0n) is 56.2. The molecule has 17 nitrogen and oxygen atoms in total. The van der Waals surface area contributed by atoms with Crippen LogP contribution in [0.5, 0.6) is 0 Å². The summed E-state index contributed by atoms with van der Waals surface area (Å²) >= 11 is 0. The molecule has 516 valence electrons. The molecule has 0 radical (unpaired) electrons. The number of ether oxygens (including phenoxy) is 4. The van der Waals surface area contributed by atoms with Gasteiger partial charge in [0.2, 0.25) is 0 Å². The Bertz CT molecular complexity index is 1690. The minimum Gasteiger partial charge on any atom is -0.462 e. The highest BCUT2D eigenvalue weighted by atomic mass is 31.2. The van der Waals surface area contributed by atoms with Gasteiger partial charge < -0.3 is 33.8 Å². The Morgan fingerprint density at radius 2 is 0.552 bits per heavy atom. The smallest absolute Gasteiger partial charge is 0.462 e. The van der Waals surface area contributed by atoms with Crippen molar-refractivity contribution < 1.29 is 80.2 Å². The third kappa shape index (κ3) is 61.3. The third-order valence-corrected chi connectivity index (χ3v) is 18.0. The van der Waals surface area contributed by atoms with Crippen LogP contribution in [0.15, 0.2) is 0 Å². The van der Waals surface area contributed by atoms with Gasteiger partial charge in [0, 0.05) is 25.7 Å². The molecule has 0 aliphatic heterocycles. The van der Waals surface area contributed by atoms with Crippen molar-refractivity contribution in [3.8, 4) is 0 Å². The molecule has 19 heteroatoms. The van der Waals surface area contributed by atoms with E-state index in [4.69, 9.17) is 37.0 Å². The molecule has 0 rings (SSSR count). The summed E-state index contributed by atoms with van der Waals surface area (Å²) in [4.78, 5) is 72.4. The molecule has 0 aliphatic carbocycles. The lowest BCUT2D eigenvalue weighted by atomic mass is 9.99. The van der Waals surface area contributed by atoms with Gasteiger partial charge in [-0.1, -0.05) is 298 Å². The molecule has 6 atom stereocenters. The van der Waals surface area contributed by atoms with Gasteiger partial charge in [0.15, 0.2) is 12.2 Å². The average Bonchev–Trinajstić information content (AvgIpc) is 3.53. The van der Waals surface area contributed by atoms with Crippen LogP contribution in [0.2, 0.25) is 0 Å². The van der Waals surface area contributed by atoms with E-state index in [1.54, 1.807) is 0 Å². The van der Waals surface area contributed by atoms with Gasteiger partial charge >= 0.3 is 39.5 Å². The largest absolute Gasteiger partial charge is 0.472 e. The normalized spacial score (nSPS) is 14.4. The second kappa shape index (κ2) is 61.6. The Morgan fingerprint density at radius 1 is 0.322 bits per heavy atom. The quantitative estimate of drug-likeness (QED) is 0.0222. The van der Waals surface area contributed by atoms with Crippen LogP contribution in [-0.4, -0.2) is 96.7 Å². The maximum Gasteiger partial charge on any atom is 0.472 e. The van der Waals surface area contributed by atoms with Crippen molar-refractivity contribution in [2.75, 3.05) is 39.6 Å². The summed E-state index contributed by atoms with van der Waals surface area (Å²) in [5, 5.41) is 10.6. The molecule has 0 aliphatic rings. The van der Waals surface area contributed by atoms with E-state index in [1.807, 2.05) is 0 Å². The van der Waals surface area contributed by atoms with E-state index in [1.165, 1.54) is 173 Å². The number of esters is 4. The molecule has 0 saturated carbocycles. The zero-order chi connectivity index (χ0) is 64.2. The summed E-state index contributed by atoms with van der Waals surface area (Å²) in [5.74, 6) is -1.32. The van der Waals surface area contributed by atoms with Crippen molar-refractivity contribution >= 4 is 39.5 Å². The van der Waals surface area contributed by atoms with E-state index in [2.05, 4.69) is 34.6 Å². The van der Waals surface area contributed by atoms with Crippen LogP contribution in [0.3, 0.4) is 0 Å². The zero-order valence-corrected chi connectivity index (χ0v) is 57.9. The molecule has 0 aromatic rings. The van der Waals surface area contributed by atoms with E-state index in [9.17, 15) is 43.2 Å². The van der Waals surface area contributed by atoms with Gasteiger partial charge in [-0.2, -0.15) is 0 Å². The molecule has 0 aromatic carbocycles. The molecule has 0 spiro atoms. The SMILES string of the molecule is CCCCCCCCCCCCCCCCC(=O)OC[C@H](COP(=O)(O)OC[C@@H](O)COP(=O)(O)OC[C@@H](COC(=O)CCCCCCCCCCC)OC(=O)CCCCCCCCCCCC)OC(=O)CCCCCCCCCCCCC(C)CC. The summed E-state index contributed by atoms with van der Waals surface area (Å²) in [5.41, 5.74) is 0. The summed E-state index contributed by atoms with van der Waals surface area (Å²) in [7, 11) is -9.89. The number of phosphoric ester groups is 2. The maximum atomic E-state index is 13.0. The van der Waals surface area contributed by atoms with E-state index in [0.717, 1.165) is 95.8 Å². The van der Waals surface area contributed by atoms with Crippen molar-refractivity contribution in [2.45, 2.75) is 368 Å². The third-order valence-electron chi connectivity index (χ3n) is 16.1. The highest BCUT2D eigenvalue weighted by Crippen LogP contribution is 2.45. The van der Waals surface area contributed by atoms with Crippen LogP contribution in [0.1, 0.15) is 349 Å². The van der Waals surface area contributed by atoms with Crippen LogP contribution < -0.4 is 0 Å². The molecule has 0 amide bonds. The standard InChI is InChI=1S/C68H132O17P2/c1-6-10-13-16-19-22-24-25-26-27-33-37-42-47-52-66(71)79-58-64(85-68(73)54-49-44-39-34-29-28-31-35-40-45-50-61(5)9-4)60-83-87(76,77)81-56-62(69)55-80-86(74,75)82-59-63(57-78-65(70)51-46-41-36-30-21-18-15-12-8-3)84-67(72)53-48-43-38-32-23-20-17-14-11-7-2/h61-64,69H,6-60H2,1-5H3,(H,74,75)(H,76,77)/t61?,62-,63+,64+/m0/s1. The highest BCUT2D eigenvalue weighted by Gasteiger charge is 2.30. The minimum atomic E-state index is -4.95. The van der Waals surface area contributed by atoms with Crippen molar-refractivity contribution in [1.82, 2.24) is 0 Å². The molecular formula is C68H132O17P2. The Balaban J connectivity index is 5.23. The maximum absolute atomic E-state index is 13.0. The molecule has 0 saturated heterocycles. The average molecular weight is 1280 g/mol. The van der Waals surface area contributed by atoms with Crippen molar-refractivity contribution in [1.29, 1.82) is 0 Å². The van der Waals surface area contributed by atoms with E-state index in [-0.39, 0.29) is 25.7 Å². The Labute approximate surface area is 530 Å². The summed E-state index contributed by atoms with van der Waals surface area (Å²) in [6.45, 7) is 7.24. The lowest BCUT2D eigenvalue weighted by molar-refractivity contribution is -0.161. The van der Waals surface area contributed by atoms with E-state index >= 15 is 0 Å². The summed E-state index contributed by atoms with van der Waals surface area (Å²) in [6, 6.07) is 0. The van der Waals surface area contributed by atoms with E-state index < -0.39 is 97.5 Å².